The number of fused-ring (bicyclic) bond motifs is 1. The van der Waals surface area contributed by atoms with Crippen LogP contribution in [0.4, 0.5) is 0 Å². The Morgan fingerprint density at radius 2 is 2.28 bits per heavy atom. The Kier molecular flexibility index (Phi) is 3.85. The molecule has 9 nitrogen and oxygen atoms in total. The molecule has 0 radical (unpaired) electrons. The molecule has 1 N–H and O–H groups in total. The van der Waals surface area contributed by atoms with Crippen LogP contribution >= 0.6 is 0 Å². The van der Waals surface area contributed by atoms with Crippen LogP contribution in [0.2, 0.25) is 0 Å². The molecule has 3 aromatic rings. The second kappa shape index (κ2) is 6.17. The van der Waals surface area contributed by atoms with Gasteiger partial charge in [0, 0.05) is 25.6 Å². The lowest BCUT2D eigenvalue weighted by Crippen LogP contribution is -2.45. The van der Waals surface area contributed by atoms with Crippen LogP contribution in [0.1, 0.15) is 16.2 Å². The second-order valence-electron chi connectivity index (χ2n) is 6.01. The fourth-order valence-electron chi connectivity index (χ4n) is 2.86. The van der Waals surface area contributed by atoms with Gasteiger partial charge in [0.15, 0.2) is 17.1 Å². The first-order chi connectivity index (χ1) is 12.1. The fraction of sp³-hybridized carbons (Fsp3) is 0.375. The van der Waals surface area contributed by atoms with Gasteiger partial charge in [-0.15, -0.1) is 0 Å². The highest BCUT2D eigenvalue weighted by molar-refractivity contribution is 5.98. The fourth-order valence-corrected chi connectivity index (χ4v) is 2.86. The van der Waals surface area contributed by atoms with Gasteiger partial charge in [-0.2, -0.15) is 5.10 Å². The van der Waals surface area contributed by atoms with E-state index in [1.54, 1.807) is 33.9 Å². The summed E-state index contributed by atoms with van der Waals surface area (Å²) in [4.78, 5) is 21.2. The highest BCUT2D eigenvalue weighted by atomic mass is 16.5. The number of rotatable bonds is 4. The number of carbonyl (C=O) groups excluding carboxylic acids is 1. The minimum atomic E-state index is -0.300. The van der Waals surface area contributed by atoms with Crippen LogP contribution in [0, 0.1) is 6.92 Å². The largest absolute Gasteiger partial charge is 0.482 e. The Morgan fingerprint density at radius 1 is 1.40 bits per heavy atom. The van der Waals surface area contributed by atoms with E-state index in [0.717, 1.165) is 5.69 Å². The maximum absolute atomic E-state index is 12.7. The number of imidazole rings is 1. The predicted octanol–water partition coefficient (Wildman–Crippen LogP) is 0.347. The van der Waals surface area contributed by atoms with Gasteiger partial charge in [-0.1, -0.05) is 0 Å². The van der Waals surface area contributed by atoms with Crippen LogP contribution in [0.15, 0.2) is 31.0 Å². The minimum Gasteiger partial charge on any atom is -0.482 e. The third kappa shape index (κ3) is 3.05. The van der Waals surface area contributed by atoms with Gasteiger partial charge in [-0.3, -0.25) is 9.48 Å². The number of ether oxygens (including phenoxy) is 2. The van der Waals surface area contributed by atoms with Gasteiger partial charge in [0.2, 0.25) is 0 Å². The van der Waals surface area contributed by atoms with Crippen molar-refractivity contribution in [2.75, 3.05) is 13.2 Å². The van der Waals surface area contributed by atoms with Gasteiger partial charge in [0.25, 0.3) is 5.91 Å². The van der Waals surface area contributed by atoms with E-state index >= 15 is 0 Å². The quantitative estimate of drug-likeness (QED) is 0.735. The van der Waals surface area contributed by atoms with Crippen molar-refractivity contribution in [2.24, 2.45) is 7.05 Å². The SMILES string of the molecule is Cc1cn2ccnc(C(=O)N[C@H]3COC[C@H]3Oc3cnn(C)c3)c2n1. The molecule has 4 heterocycles. The third-order valence-corrected chi connectivity index (χ3v) is 4.02. The standard InChI is InChI=1S/C16H18N6O3/c1-10-6-22-4-3-17-14(15(22)19-10)16(23)20-12-8-24-9-13(12)25-11-5-18-21(2)7-11/h3-7,12-13H,8-9H2,1-2H3,(H,20,23)/t12-,13+/m0/s1. The molecule has 0 aliphatic carbocycles. The van der Waals surface area contributed by atoms with Crippen LogP contribution in [0.25, 0.3) is 5.65 Å². The number of hydrogen-bond donors (Lipinski definition) is 1. The lowest BCUT2D eigenvalue weighted by Gasteiger charge is -2.19. The average Bonchev–Trinajstić information content (AvgIpc) is 3.27. The molecule has 1 aliphatic rings. The van der Waals surface area contributed by atoms with E-state index < -0.39 is 0 Å². The second-order valence-corrected chi connectivity index (χ2v) is 6.01. The molecule has 1 aliphatic heterocycles. The monoisotopic (exact) mass is 342 g/mol. The molecule has 0 unspecified atom stereocenters. The average molecular weight is 342 g/mol. The van der Waals surface area contributed by atoms with Gasteiger partial charge in [0.05, 0.1) is 37.3 Å². The molecule has 1 fully saturated rings. The zero-order chi connectivity index (χ0) is 17.4. The van der Waals surface area contributed by atoms with Crippen LogP contribution in [-0.2, 0) is 11.8 Å². The van der Waals surface area contributed by atoms with E-state index in [0.29, 0.717) is 24.6 Å². The van der Waals surface area contributed by atoms with E-state index in [9.17, 15) is 4.79 Å². The van der Waals surface area contributed by atoms with Gasteiger partial charge >= 0.3 is 0 Å². The topological polar surface area (TPSA) is 95.6 Å². The third-order valence-electron chi connectivity index (χ3n) is 4.02. The molecule has 0 bridgehead atoms. The molecule has 1 saturated heterocycles. The van der Waals surface area contributed by atoms with Gasteiger partial charge in [0.1, 0.15) is 6.10 Å². The number of aryl methyl sites for hydroxylation is 2. The molecule has 2 atom stereocenters. The van der Waals surface area contributed by atoms with E-state index in [4.69, 9.17) is 9.47 Å². The highest BCUT2D eigenvalue weighted by Crippen LogP contribution is 2.17. The van der Waals surface area contributed by atoms with Crippen molar-refractivity contribution in [2.45, 2.75) is 19.1 Å². The smallest absolute Gasteiger partial charge is 0.274 e. The summed E-state index contributed by atoms with van der Waals surface area (Å²) < 4.78 is 14.8. The van der Waals surface area contributed by atoms with Crippen LogP contribution in [0.3, 0.4) is 0 Å². The van der Waals surface area contributed by atoms with Crippen molar-refractivity contribution >= 4 is 11.6 Å². The van der Waals surface area contributed by atoms with E-state index in [1.165, 1.54) is 0 Å². The van der Waals surface area contributed by atoms with Gasteiger partial charge in [-0.25, -0.2) is 9.97 Å². The lowest BCUT2D eigenvalue weighted by atomic mass is 10.2. The van der Waals surface area contributed by atoms with Crippen LogP contribution in [0.5, 0.6) is 5.75 Å². The Hall–Kier alpha value is -2.94. The molecular weight excluding hydrogens is 324 g/mol. The normalized spacial score (nSPS) is 20.1. The molecule has 0 spiro atoms. The molecule has 4 rings (SSSR count). The van der Waals surface area contributed by atoms with Crippen molar-refractivity contribution in [3.8, 4) is 5.75 Å². The summed E-state index contributed by atoms with van der Waals surface area (Å²) in [5.41, 5.74) is 1.63. The van der Waals surface area contributed by atoms with Crippen LogP contribution < -0.4 is 10.1 Å². The molecule has 1 amide bonds. The van der Waals surface area contributed by atoms with Crippen molar-refractivity contribution in [3.05, 3.63) is 42.4 Å². The summed E-state index contributed by atoms with van der Waals surface area (Å²) in [6, 6.07) is -0.272. The molecular formula is C16H18N6O3. The summed E-state index contributed by atoms with van der Waals surface area (Å²) in [5.74, 6) is 0.341. The molecule has 0 aromatic carbocycles. The number of aromatic nitrogens is 5. The molecule has 0 saturated carbocycles. The first kappa shape index (κ1) is 15.6. The van der Waals surface area contributed by atoms with Gasteiger partial charge in [-0.05, 0) is 6.92 Å². The first-order valence-electron chi connectivity index (χ1n) is 7.94. The zero-order valence-corrected chi connectivity index (χ0v) is 13.9. The van der Waals surface area contributed by atoms with Crippen molar-refractivity contribution in [1.29, 1.82) is 0 Å². The summed E-state index contributed by atoms with van der Waals surface area (Å²) in [5, 5.41) is 7.01. The molecule has 25 heavy (non-hydrogen) atoms. The van der Waals surface area contributed by atoms with E-state index in [-0.39, 0.29) is 23.7 Å². The number of carbonyl (C=O) groups is 1. The van der Waals surface area contributed by atoms with Crippen molar-refractivity contribution in [1.82, 2.24) is 29.5 Å². The van der Waals surface area contributed by atoms with Crippen LogP contribution in [-0.4, -0.2) is 55.4 Å². The summed E-state index contributed by atoms with van der Waals surface area (Å²) in [6.45, 7) is 2.66. The number of nitrogens with zero attached hydrogens (tertiary/aromatic N) is 5. The Labute approximate surface area is 143 Å². The Morgan fingerprint density at radius 3 is 3.08 bits per heavy atom. The van der Waals surface area contributed by atoms with Crippen molar-refractivity contribution in [3.63, 3.8) is 0 Å². The highest BCUT2D eigenvalue weighted by Gasteiger charge is 2.32. The molecule has 3 aromatic heterocycles. The minimum absolute atomic E-state index is 0.272. The Bertz CT molecular complexity index is 918. The summed E-state index contributed by atoms with van der Waals surface area (Å²) >= 11 is 0. The summed E-state index contributed by atoms with van der Waals surface area (Å²) in [6.07, 6.45) is 8.31. The predicted molar refractivity (Wildman–Crippen MR) is 87.4 cm³/mol. The van der Waals surface area contributed by atoms with E-state index in [1.807, 2.05) is 20.2 Å². The molecule has 9 heteroatoms. The Balaban J connectivity index is 1.51. The van der Waals surface area contributed by atoms with E-state index in [2.05, 4.69) is 20.4 Å². The summed E-state index contributed by atoms with van der Waals surface area (Å²) in [7, 11) is 1.82. The van der Waals surface area contributed by atoms with Crippen molar-refractivity contribution < 1.29 is 14.3 Å². The zero-order valence-electron chi connectivity index (χ0n) is 13.9. The number of hydrogen-bond acceptors (Lipinski definition) is 6. The molecule has 130 valence electrons. The lowest BCUT2D eigenvalue weighted by molar-refractivity contribution is 0.0900. The van der Waals surface area contributed by atoms with Gasteiger partial charge < -0.3 is 19.2 Å². The first-order valence-corrected chi connectivity index (χ1v) is 7.94. The maximum Gasteiger partial charge on any atom is 0.274 e. The maximum atomic E-state index is 12.7. The number of amides is 1. The number of nitrogens with one attached hydrogen (secondary N) is 1.